The predicted molar refractivity (Wildman–Crippen MR) is 86.3 cm³/mol. The number of anilines is 2. The van der Waals surface area contributed by atoms with Crippen molar-refractivity contribution in [3.8, 4) is 5.75 Å². The van der Waals surface area contributed by atoms with E-state index in [2.05, 4.69) is 16.6 Å². The minimum Gasteiger partial charge on any atom is -0.494 e. The number of rotatable bonds is 7. The van der Waals surface area contributed by atoms with Gasteiger partial charge in [-0.3, -0.25) is 4.72 Å². The van der Waals surface area contributed by atoms with Gasteiger partial charge in [0.2, 0.25) is 0 Å². The molecule has 0 fully saturated rings. The molecule has 0 spiro atoms. The summed E-state index contributed by atoms with van der Waals surface area (Å²) in [7, 11) is -3.70. The molecule has 118 valence electrons. The van der Waals surface area contributed by atoms with E-state index in [1.165, 1.54) is 18.2 Å². The minimum absolute atomic E-state index is 0.138. The molecular formula is C15H19N3O3S. The molecule has 0 saturated carbocycles. The summed E-state index contributed by atoms with van der Waals surface area (Å²) in [5, 5.41) is 0. The van der Waals surface area contributed by atoms with Crippen LogP contribution < -0.4 is 15.2 Å². The van der Waals surface area contributed by atoms with Gasteiger partial charge in [0.1, 0.15) is 17.4 Å². The molecule has 0 unspecified atom stereocenters. The van der Waals surface area contributed by atoms with E-state index in [1.54, 1.807) is 24.3 Å². The number of nitrogens with two attached hydrogens (primary N) is 1. The molecule has 0 aliphatic heterocycles. The van der Waals surface area contributed by atoms with E-state index >= 15 is 0 Å². The van der Waals surface area contributed by atoms with Crippen LogP contribution in [0.4, 0.5) is 11.6 Å². The quantitative estimate of drug-likeness (QED) is 0.765. The van der Waals surface area contributed by atoms with Crippen LogP contribution in [-0.2, 0) is 10.0 Å². The molecule has 2 rings (SSSR count). The average molecular weight is 321 g/mol. The molecular weight excluding hydrogens is 302 g/mol. The highest BCUT2D eigenvalue weighted by molar-refractivity contribution is 7.92. The van der Waals surface area contributed by atoms with Crippen LogP contribution in [0.3, 0.4) is 0 Å². The molecule has 3 N–H and O–H groups in total. The fourth-order valence-corrected chi connectivity index (χ4v) is 2.76. The number of unbranched alkanes of at least 4 members (excludes halogenated alkanes) is 1. The van der Waals surface area contributed by atoms with Crippen molar-refractivity contribution in [1.29, 1.82) is 0 Å². The molecule has 1 heterocycles. The van der Waals surface area contributed by atoms with Crippen LogP contribution in [0.5, 0.6) is 5.75 Å². The van der Waals surface area contributed by atoms with Crippen molar-refractivity contribution in [2.45, 2.75) is 24.7 Å². The number of sulfonamides is 1. The molecule has 22 heavy (non-hydrogen) atoms. The van der Waals surface area contributed by atoms with Crippen LogP contribution in [0, 0.1) is 0 Å². The molecule has 7 heteroatoms. The van der Waals surface area contributed by atoms with Crippen LogP contribution in [0.2, 0.25) is 0 Å². The first-order valence-corrected chi connectivity index (χ1v) is 8.48. The first-order chi connectivity index (χ1) is 10.5. The van der Waals surface area contributed by atoms with Crippen LogP contribution in [0.25, 0.3) is 0 Å². The Morgan fingerprint density at radius 3 is 2.55 bits per heavy atom. The topological polar surface area (TPSA) is 94.3 Å². The molecule has 2 aromatic rings. The Morgan fingerprint density at radius 1 is 1.18 bits per heavy atom. The maximum absolute atomic E-state index is 12.3. The van der Waals surface area contributed by atoms with E-state index < -0.39 is 10.0 Å². The van der Waals surface area contributed by atoms with Gasteiger partial charge >= 0.3 is 0 Å². The maximum Gasteiger partial charge on any atom is 0.263 e. The van der Waals surface area contributed by atoms with Crippen LogP contribution in [0.1, 0.15) is 19.8 Å². The SMILES string of the molecule is CCCCOc1ccc(S(=O)(=O)Nc2cccc(N)n2)cc1. The summed E-state index contributed by atoms with van der Waals surface area (Å²) >= 11 is 0. The zero-order chi connectivity index (χ0) is 16.0. The zero-order valence-corrected chi connectivity index (χ0v) is 13.1. The van der Waals surface area contributed by atoms with Gasteiger partial charge in [0.25, 0.3) is 10.0 Å². The van der Waals surface area contributed by atoms with Crippen LogP contribution in [-0.4, -0.2) is 20.0 Å². The number of benzene rings is 1. The molecule has 0 bridgehead atoms. The number of nitrogens with one attached hydrogen (secondary N) is 1. The lowest BCUT2D eigenvalue weighted by molar-refractivity contribution is 0.309. The fraction of sp³-hybridized carbons (Fsp3) is 0.267. The van der Waals surface area contributed by atoms with Crippen LogP contribution in [0.15, 0.2) is 47.4 Å². The van der Waals surface area contributed by atoms with E-state index in [-0.39, 0.29) is 16.5 Å². The molecule has 0 atom stereocenters. The van der Waals surface area contributed by atoms with Crippen molar-refractivity contribution >= 4 is 21.7 Å². The van der Waals surface area contributed by atoms with Gasteiger partial charge < -0.3 is 10.5 Å². The van der Waals surface area contributed by atoms with E-state index in [9.17, 15) is 8.42 Å². The Morgan fingerprint density at radius 2 is 1.91 bits per heavy atom. The standard InChI is InChI=1S/C15H19N3O3S/c1-2-3-11-21-12-7-9-13(10-8-12)22(19,20)18-15-6-4-5-14(16)17-15/h4-10H,2-3,11H2,1H3,(H3,16,17,18). The van der Waals surface area contributed by atoms with Gasteiger partial charge in [0, 0.05) is 0 Å². The van der Waals surface area contributed by atoms with Crippen molar-refractivity contribution < 1.29 is 13.2 Å². The number of aromatic nitrogens is 1. The molecule has 1 aromatic heterocycles. The highest BCUT2D eigenvalue weighted by Crippen LogP contribution is 2.19. The van der Waals surface area contributed by atoms with Crippen molar-refractivity contribution in [2.75, 3.05) is 17.1 Å². The number of nitrogen functional groups attached to an aromatic ring is 1. The van der Waals surface area contributed by atoms with Gasteiger partial charge in [-0.25, -0.2) is 13.4 Å². The lowest BCUT2D eigenvalue weighted by Gasteiger charge is -2.09. The Labute approximate surface area is 130 Å². The summed E-state index contributed by atoms with van der Waals surface area (Å²) < 4.78 is 32.4. The lowest BCUT2D eigenvalue weighted by atomic mass is 10.3. The third-order valence-corrected chi connectivity index (χ3v) is 4.28. The predicted octanol–water partition coefficient (Wildman–Crippen LogP) is 2.64. The Bertz CT molecular complexity index is 715. The van der Waals surface area contributed by atoms with Gasteiger partial charge in [-0.2, -0.15) is 0 Å². The number of pyridine rings is 1. The summed E-state index contributed by atoms with van der Waals surface area (Å²) in [4.78, 5) is 4.05. The van der Waals surface area contributed by atoms with Crippen molar-refractivity contribution in [3.05, 3.63) is 42.5 Å². The number of nitrogens with zero attached hydrogens (tertiary/aromatic N) is 1. The van der Waals surface area contributed by atoms with Gasteiger partial charge in [-0.15, -0.1) is 0 Å². The van der Waals surface area contributed by atoms with Crippen LogP contribution >= 0.6 is 0 Å². The third kappa shape index (κ3) is 4.36. The molecule has 1 aromatic carbocycles. The molecule has 6 nitrogen and oxygen atoms in total. The molecule has 0 saturated heterocycles. The van der Waals surface area contributed by atoms with E-state index in [0.29, 0.717) is 12.4 Å². The second kappa shape index (κ2) is 7.13. The first kappa shape index (κ1) is 16.1. The van der Waals surface area contributed by atoms with Crippen molar-refractivity contribution in [2.24, 2.45) is 0 Å². The Hall–Kier alpha value is -2.28. The summed E-state index contributed by atoms with van der Waals surface area (Å²) in [5.41, 5.74) is 5.53. The molecule has 0 aliphatic rings. The lowest BCUT2D eigenvalue weighted by Crippen LogP contribution is -2.14. The average Bonchev–Trinajstić information content (AvgIpc) is 2.47. The smallest absolute Gasteiger partial charge is 0.263 e. The number of hydrogen-bond donors (Lipinski definition) is 2. The molecule has 0 amide bonds. The van der Waals surface area contributed by atoms with E-state index in [0.717, 1.165) is 12.8 Å². The fourth-order valence-electron chi connectivity index (χ4n) is 1.75. The first-order valence-electron chi connectivity index (χ1n) is 6.99. The van der Waals surface area contributed by atoms with E-state index in [4.69, 9.17) is 10.5 Å². The van der Waals surface area contributed by atoms with Gasteiger partial charge in [-0.1, -0.05) is 19.4 Å². The summed E-state index contributed by atoms with van der Waals surface area (Å²) in [6, 6.07) is 11.0. The monoisotopic (exact) mass is 321 g/mol. The highest BCUT2D eigenvalue weighted by atomic mass is 32.2. The Balaban J connectivity index is 2.09. The molecule has 0 radical (unpaired) electrons. The van der Waals surface area contributed by atoms with Crippen molar-refractivity contribution in [1.82, 2.24) is 4.98 Å². The van der Waals surface area contributed by atoms with Crippen molar-refractivity contribution in [3.63, 3.8) is 0 Å². The molecule has 0 aliphatic carbocycles. The summed E-state index contributed by atoms with van der Waals surface area (Å²) in [5.74, 6) is 1.08. The summed E-state index contributed by atoms with van der Waals surface area (Å²) in [6.45, 7) is 2.70. The minimum atomic E-state index is -3.70. The number of ether oxygens (including phenoxy) is 1. The maximum atomic E-state index is 12.3. The Kier molecular flexibility index (Phi) is 5.21. The largest absolute Gasteiger partial charge is 0.494 e. The van der Waals surface area contributed by atoms with Gasteiger partial charge in [-0.05, 0) is 42.8 Å². The zero-order valence-electron chi connectivity index (χ0n) is 12.3. The number of hydrogen-bond acceptors (Lipinski definition) is 5. The second-order valence-electron chi connectivity index (χ2n) is 4.73. The van der Waals surface area contributed by atoms with E-state index in [1.807, 2.05) is 0 Å². The van der Waals surface area contributed by atoms with Gasteiger partial charge in [0.05, 0.1) is 11.5 Å². The summed E-state index contributed by atoms with van der Waals surface area (Å²) in [6.07, 6.45) is 2.01. The normalized spacial score (nSPS) is 11.1. The third-order valence-electron chi connectivity index (χ3n) is 2.91. The second-order valence-corrected chi connectivity index (χ2v) is 6.41. The highest BCUT2D eigenvalue weighted by Gasteiger charge is 2.14. The van der Waals surface area contributed by atoms with Gasteiger partial charge in [0.15, 0.2) is 0 Å².